The van der Waals surface area contributed by atoms with Crippen LogP contribution in [0.15, 0.2) is 78.0 Å². The highest BCUT2D eigenvalue weighted by molar-refractivity contribution is 5.82. The van der Waals surface area contributed by atoms with Gasteiger partial charge in [0.25, 0.3) is 0 Å². The van der Waals surface area contributed by atoms with Gasteiger partial charge in [-0.05, 0) is 41.2 Å². The molecule has 0 N–H and O–H groups in total. The van der Waals surface area contributed by atoms with Crippen molar-refractivity contribution in [3.8, 4) is 0 Å². The van der Waals surface area contributed by atoms with Crippen LogP contribution in [0.4, 0.5) is 0 Å². The van der Waals surface area contributed by atoms with Crippen molar-refractivity contribution < 1.29 is 4.84 Å². The van der Waals surface area contributed by atoms with Crippen LogP contribution >= 0.6 is 0 Å². The maximum Gasteiger partial charge on any atom is 0.142 e. The summed E-state index contributed by atoms with van der Waals surface area (Å²) in [4.78, 5) is 5.30. The van der Waals surface area contributed by atoms with E-state index in [1.54, 1.807) is 0 Å². The van der Waals surface area contributed by atoms with Crippen LogP contribution in [-0.4, -0.2) is 6.21 Å². The molecular formula is C21H21NO. The molecule has 3 rings (SSSR count). The molecule has 0 unspecified atom stereocenters. The van der Waals surface area contributed by atoms with Gasteiger partial charge in [-0.15, -0.1) is 0 Å². The Morgan fingerprint density at radius 2 is 1.57 bits per heavy atom. The largest absolute Gasteiger partial charge is 0.391 e. The van der Waals surface area contributed by atoms with E-state index in [9.17, 15) is 0 Å². The van der Waals surface area contributed by atoms with Crippen LogP contribution in [0.5, 0.6) is 0 Å². The number of oxime groups is 1. The van der Waals surface area contributed by atoms with Gasteiger partial charge in [0.05, 0.1) is 0 Å². The quantitative estimate of drug-likeness (QED) is 0.327. The normalized spacial score (nSPS) is 11.1. The van der Waals surface area contributed by atoms with Gasteiger partial charge in [-0.2, -0.15) is 0 Å². The van der Waals surface area contributed by atoms with Crippen molar-refractivity contribution >= 4 is 17.0 Å². The van der Waals surface area contributed by atoms with Crippen LogP contribution in [0.3, 0.4) is 0 Å². The summed E-state index contributed by atoms with van der Waals surface area (Å²) in [7, 11) is 0. The number of rotatable bonds is 7. The molecule has 116 valence electrons. The third-order valence-electron chi connectivity index (χ3n) is 3.84. The third kappa shape index (κ3) is 4.68. The van der Waals surface area contributed by atoms with Crippen molar-refractivity contribution in [2.75, 3.05) is 0 Å². The van der Waals surface area contributed by atoms with Crippen molar-refractivity contribution in [2.45, 2.75) is 25.9 Å². The molecule has 0 saturated carbocycles. The first-order valence-corrected chi connectivity index (χ1v) is 8.07. The van der Waals surface area contributed by atoms with Crippen LogP contribution in [0, 0.1) is 0 Å². The monoisotopic (exact) mass is 303 g/mol. The average Bonchev–Trinajstić information content (AvgIpc) is 2.61. The maximum atomic E-state index is 5.30. The second-order valence-electron chi connectivity index (χ2n) is 5.62. The van der Waals surface area contributed by atoms with Crippen LogP contribution in [0.1, 0.15) is 24.0 Å². The van der Waals surface area contributed by atoms with E-state index in [1.165, 1.54) is 16.3 Å². The van der Waals surface area contributed by atoms with Gasteiger partial charge in [0.15, 0.2) is 0 Å². The van der Waals surface area contributed by atoms with Gasteiger partial charge in [-0.1, -0.05) is 78.0 Å². The number of hydrogen-bond donors (Lipinski definition) is 0. The van der Waals surface area contributed by atoms with Gasteiger partial charge in [-0.25, -0.2) is 0 Å². The molecular weight excluding hydrogens is 282 g/mol. The van der Waals surface area contributed by atoms with E-state index in [0.717, 1.165) is 24.8 Å². The van der Waals surface area contributed by atoms with Crippen molar-refractivity contribution in [3.05, 3.63) is 83.9 Å². The van der Waals surface area contributed by atoms with Crippen LogP contribution < -0.4 is 0 Å². The van der Waals surface area contributed by atoms with Crippen molar-refractivity contribution in [2.24, 2.45) is 5.16 Å². The molecule has 3 aromatic rings. The smallest absolute Gasteiger partial charge is 0.142 e. The lowest BCUT2D eigenvalue weighted by atomic mass is 10.0. The van der Waals surface area contributed by atoms with Gasteiger partial charge in [0.2, 0.25) is 0 Å². The average molecular weight is 303 g/mol. The molecule has 0 fully saturated rings. The number of benzene rings is 3. The SMILES string of the molecule is C(/CCCc1ccc2ccccc2c1)=N/OCc1ccccc1. The molecule has 0 aliphatic carbocycles. The highest BCUT2D eigenvalue weighted by atomic mass is 16.6. The second kappa shape index (κ2) is 8.14. The second-order valence-corrected chi connectivity index (χ2v) is 5.62. The summed E-state index contributed by atoms with van der Waals surface area (Å²) in [6, 6.07) is 25.2. The molecule has 0 bridgehead atoms. The molecule has 2 nitrogen and oxygen atoms in total. The Morgan fingerprint density at radius 3 is 2.43 bits per heavy atom. The number of hydrogen-bond acceptors (Lipinski definition) is 2. The topological polar surface area (TPSA) is 21.6 Å². The lowest BCUT2D eigenvalue weighted by molar-refractivity contribution is 0.131. The fourth-order valence-corrected chi connectivity index (χ4v) is 2.58. The Balaban J connectivity index is 1.39. The van der Waals surface area contributed by atoms with Crippen molar-refractivity contribution in [1.82, 2.24) is 0 Å². The van der Waals surface area contributed by atoms with E-state index in [2.05, 4.69) is 47.6 Å². The van der Waals surface area contributed by atoms with Crippen molar-refractivity contribution in [1.29, 1.82) is 0 Å². The van der Waals surface area contributed by atoms with E-state index in [4.69, 9.17) is 4.84 Å². The summed E-state index contributed by atoms with van der Waals surface area (Å²) >= 11 is 0. The maximum absolute atomic E-state index is 5.30. The highest BCUT2D eigenvalue weighted by Gasteiger charge is 1.96. The number of aryl methyl sites for hydroxylation is 1. The number of nitrogens with zero attached hydrogens (tertiary/aromatic N) is 1. The Kier molecular flexibility index (Phi) is 5.41. The predicted octanol–water partition coefficient (Wildman–Crippen LogP) is 5.37. The minimum absolute atomic E-state index is 0.530. The summed E-state index contributed by atoms with van der Waals surface area (Å²) in [5, 5.41) is 6.63. The predicted molar refractivity (Wildman–Crippen MR) is 96.6 cm³/mol. The molecule has 0 aromatic heterocycles. The lowest BCUT2D eigenvalue weighted by Crippen LogP contribution is -1.89. The molecule has 0 aliphatic heterocycles. The molecule has 0 aliphatic rings. The fraction of sp³-hybridized carbons (Fsp3) is 0.190. The van der Waals surface area contributed by atoms with Gasteiger partial charge >= 0.3 is 0 Å². The minimum Gasteiger partial charge on any atom is -0.391 e. The lowest BCUT2D eigenvalue weighted by Gasteiger charge is -2.03. The Bertz CT molecular complexity index is 765. The molecule has 0 atom stereocenters. The molecule has 23 heavy (non-hydrogen) atoms. The van der Waals surface area contributed by atoms with E-state index >= 15 is 0 Å². The third-order valence-corrected chi connectivity index (χ3v) is 3.84. The summed E-state index contributed by atoms with van der Waals surface area (Å²) in [6.07, 6.45) is 4.94. The van der Waals surface area contributed by atoms with Crippen LogP contribution in [-0.2, 0) is 17.9 Å². The number of unbranched alkanes of at least 4 members (excludes halogenated alkanes) is 1. The Labute approximate surface area is 137 Å². The van der Waals surface area contributed by atoms with E-state index in [0.29, 0.717) is 6.61 Å². The summed E-state index contributed by atoms with van der Waals surface area (Å²) in [5.74, 6) is 0. The first-order valence-electron chi connectivity index (χ1n) is 8.07. The van der Waals surface area contributed by atoms with E-state index in [-0.39, 0.29) is 0 Å². The Morgan fingerprint density at radius 1 is 0.783 bits per heavy atom. The Hall–Kier alpha value is -2.61. The molecule has 0 heterocycles. The zero-order valence-corrected chi connectivity index (χ0v) is 13.2. The standard InChI is InChI=1S/C21H21NO/c1-2-9-19(10-3-1)17-23-22-15-7-6-8-18-13-14-20-11-4-5-12-21(20)16-18/h1-5,9-16H,6-8,17H2/b22-15-. The van der Waals surface area contributed by atoms with Gasteiger partial charge < -0.3 is 4.84 Å². The van der Waals surface area contributed by atoms with Crippen LogP contribution in [0.2, 0.25) is 0 Å². The first kappa shape index (κ1) is 15.3. The molecule has 0 radical (unpaired) electrons. The molecule has 0 spiro atoms. The van der Waals surface area contributed by atoms with Gasteiger partial charge in [-0.3, -0.25) is 0 Å². The molecule has 0 amide bonds. The molecule has 2 heteroatoms. The zero-order chi connectivity index (χ0) is 15.7. The summed E-state index contributed by atoms with van der Waals surface area (Å²) in [6.45, 7) is 0.530. The van der Waals surface area contributed by atoms with Crippen LogP contribution in [0.25, 0.3) is 10.8 Å². The summed E-state index contributed by atoms with van der Waals surface area (Å²) < 4.78 is 0. The zero-order valence-electron chi connectivity index (χ0n) is 13.2. The van der Waals surface area contributed by atoms with E-state index in [1.807, 2.05) is 36.5 Å². The minimum atomic E-state index is 0.530. The first-order chi connectivity index (χ1) is 11.4. The van der Waals surface area contributed by atoms with Gasteiger partial charge in [0.1, 0.15) is 6.61 Å². The number of fused-ring (bicyclic) bond motifs is 1. The molecule has 3 aromatic carbocycles. The van der Waals surface area contributed by atoms with E-state index < -0.39 is 0 Å². The van der Waals surface area contributed by atoms with Gasteiger partial charge in [0, 0.05) is 6.21 Å². The summed E-state index contributed by atoms with van der Waals surface area (Å²) in [5.41, 5.74) is 2.52. The highest BCUT2D eigenvalue weighted by Crippen LogP contribution is 2.16. The fourth-order valence-electron chi connectivity index (χ4n) is 2.58. The van der Waals surface area contributed by atoms with Crippen molar-refractivity contribution in [3.63, 3.8) is 0 Å². The molecule has 0 saturated heterocycles.